The Labute approximate surface area is 194 Å². The molecule has 1 heterocycles. The molecule has 2 aromatic carbocycles. The molecule has 1 aromatic heterocycles. The van der Waals surface area contributed by atoms with Crippen LogP contribution in [0.4, 0.5) is 5.69 Å². The number of hydrogen-bond donors (Lipinski definition) is 2. The molecule has 0 amide bonds. The first-order valence-corrected chi connectivity index (χ1v) is 9.61. The molecule has 0 fully saturated rings. The summed E-state index contributed by atoms with van der Waals surface area (Å²) in [6.45, 7) is 3.28. The van der Waals surface area contributed by atoms with Gasteiger partial charge < -0.3 is 20.1 Å². The molecule has 2 N–H and O–H groups in total. The van der Waals surface area contributed by atoms with Gasteiger partial charge in [-0.05, 0) is 49.2 Å². The minimum absolute atomic E-state index is 0. The average molecular weight is 521 g/mol. The standard InChI is InChI=1S/C22H27N5O2.HI/c1-4-29-21-16-18(8-11-20(21)28-3)26-22(23-2)24-14-12-17-6-9-19(10-7-17)27-15-5-13-25-27;/h5-11,13,15-16H,4,12,14H2,1-3H3,(H2,23,24,26);1H. The van der Waals surface area contributed by atoms with Gasteiger partial charge in [-0.15, -0.1) is 24.0 Å². The summed E-state index contributed by atoms with van der Waals surface area (Å²) in [6.07, 6.45) is 4.59. The lowest BCUT2D eigenvalue weighted by molar-refractivity contribution is 0.311. The van der Waals surface area contributed by atoms with Crippen molar-refractivity contribution in [3.8, 4) is 17.2 Å². The zero-order chi connectivity index (χ0) is 20.5. The molecule has 8 heteroatoms. The third kappa shape index (κ3) is 6.38. The number of aromatic nitrogens is 2. The van der Waals surface area contributed by atoms with Gasteiger partial charge in [-0.3, -0.25) is 4.99 Å². The topological polar surface area (TPSA) is 72.7 Å². The normalized spacial score (nSPS) is 10.8. The fourth-order valence-corrected chi connectivity index (χ4v) is 2.90. The van der Waals surface area contributed by atoms with Crippen LogP contribution in [0.5, 0.6) is 11.5 Å². The van der Waals surface area contributed by atoms with E-state index in [0.717, 1.165) is 24.3 Å². The third-order valence-corrected chi connectivity index (χ3v) is 4.36. The smallest absolute Gasteiger partial charge is 0.195 e. The van der Waals surface area contributed by atoms with Crippen molar-refractivity contribution in [3.63, 3.8) is 0 Å². The number of ether oxygens (including phenoxy) is 2. The first-order valence-electron chi connectivity index (χ1n) is 9.61. The van der Waals surface area contributed by atoms with E-state index in [0.29, 0.717) is 24.1 Å². The van der Waals surface area contributed by atoms with E-state index >= 15 is 0 Å². The second-order valence-electron chi connectivity index (χ2n) is 6.29. The van der Waals surface area contributed by atoms with E-state index in [1.807, 2.05) is 42.1 Å². The van der Waals surface area contributed by atoms with Crippen molar-refractivity contribution >= 4 is 35.6 Å². The van der Waals surface area contributed by atoms with Gasteiger partial charge in [0, 0.05) is 37.7 Å². The van der Waals surface area contributed by atoms with Crippen molar-refractivity contribution in [2.24, 2.45) is 4.99 Å². The van der Waals surface area contributed by atoms with Gasteiger partial charge in [-0.25, -0.2) is 4.68 Å². The third-order valence-electron chi connectivity index (χ3n) is 4.36. The van der Waals surface area contributed by atoms with Crippen molar-refractivity contribution in [1.29, 1.82) is 0 Å². The molecule has 30 heavy (non-hydrogen) atoms. The number of halogens is 1. The number of aliphatic imine (C=N–C) groups is 1. The summed E-state index contributed by atoms with van der Waals surface area (Å²) >= 11 is 0. The second-order valence-corrected chi connectivity index (χ2v) is 6.29. The Morgan fingerprint density at radius 2 is 1.93 bits per heavy atom. The molecule has 0 spiro atoms. The van der Waals surface area contributed by atoms with Crippen molar-refractivity contribution in [3.05, 3.63) is 66.5 Å². The molecule has 0 unspecified atom stereocenters. The molecule has 7 nitrogen and oxygen atoms in total. The highest BCUT2D eigenvalue weighted by molar-refractivity contribution is 14.0. The summed E-state index contributed by atoms with van der Waals surface area (Å²) in [7, 11) is 3.38. The fourth-order valence-electron chi connectivity index (χ4n) is 2.90. The second kappa shape index (κ2) is 12.1. The largest absolute Gasteiger partial charge is 0.493 e. The minimum atomic E-state index is 0. The summed E-state index contributed by atoms with van der Waals surface area (Å²) in [4.78, 5) is 4.29. The number of methoxy groups -OCH3 is 1. The number of rotatable bonds is 8. The highest BCUT2D eigenvalue weighted by Crippen LogP contribution is 2.30. The lowest BCUT2D eigenvalue weighted by atomic mass is 10.1. The Morgan fingerprint density at radius 1 is 1.13 bits per heavy atom. The Hall–Kier alpha value is -2.75. The molecule has 0 saturated carbocycles. The SMILES string of the molecule is CCOc1cc(NC(=NC)NCCc2ccc(-n3cccn3)cc2)ccc1OC.I. The van der Waals surface area contributed by atoms with Gasteiger partial charge >= 0.3 is 0 Å². The molecule has 160 valence electrons. The predicted molar refractivity (Wildman–Crippen MR) is 132 cm³/mol. The number of guanidine groups is 1. The van der Waals surface area contributed by atoms with Gasteiger partial charge in [0.15, 0.2) is 17.5 Å². The fraction of sp³-hybridized carbons (Fsp3) is 0.273. The summed E-state index contributed by atoms with van der Waals surface area (Å²) < 4.78 is 12.8. The first-order chi connectivity index (χ1) is 14.2. The number of benzene rings is 2. The van der Waals surface area contributed by atoms with Crippen LogP contribution in [0.25, 0.3) is 5.69 Å². The molecular formula is C22H28IN5O2. The lowest BCUT2D eigenvalue weighted by Gasteiger charge is -2.14. The first kappa shape index (κ1) is 23.5. The minimum Gasteiger partial charge on any atom is -0.493 e. The van der Waals surface area contributed by atoms with E-state index < -0.39 is 0 Å². The van der Waals surface area contributed by atoms with Crippen molar-refractivity contribution in [2.45, 2.75) is 13.3 Å². The molecule has 3 aromatic rings. The molecule has 0 saturated heterocycles. The zero-order valence-electron chi connectivity index (χ0n) is 17.5. The van der Waals surface area contributed by atoms with E-state index in [1.54, 1.807) is 20.4 Å². The number of nitrogens with zero attached hydrogens (tertiary/aromatic N) is 3. The van der Waals surface area contributed by atoms with Crippen molar-refractivity contribution < 1.29 is 9.47 Å². The van der Waals surface area contributed by atoms with Crippen molar-refractivity contribution in [2.75, 3.05) is 32.6 Å². The lowest BCUT2D eigenvalue weighted by Crippen LogP contribution is -2.32. The summed E-state index contributed by atoms with van der Waals surface area (Å²) in [5, 5.41) is 10.9. The maximum Gasteiger partial charge on any atom is 0.195 e. The summed E-state index contributed by atoms with van der Waals surface area (Å²) in [5.74, 6) is 2.11. The Bertz CT molecular complexity index is 927. The van der Waals surface area contributed by atoms with E-state index in [2.05, 4.69) is 45.0 Å². The van der Waals surface area contributed by atoms with E-state index in [9.17, 15) is 0 Å². The molecule has 0 aliphatic heterocycles. The molecule has 0 radical (unpaired) electrons. The maximum atomic E-state index is 5.63. The average Bonchev–Trinajstić information content (AvgIpc) is 3.29. The molecule has 3 rings (SSSR count). The Morgan fingerprint density at radius 3 is 2.57 bits per heavy atom. The van der Waals surface area contributed by atoms with Crippen LogP contribution < -0.4 is 20.1 Å². The van der Waals surface area contributed by atoms with Crippen LogP contribution in [0.3, 0.4) is 0 Å². The van der Waals surface area contributed by atoms with Gasteiger partial charge in [0.2, 0.25) is 0 Å². The van der Waals surface area contributed by atoms with Crippen LogP contribution in [-0.4, -0.2) is 43.0 Å². The monoisotopic (exact) mass is 521 g/mol. The van der Waals surface area contributed by atoms with E-state index in [4.69, 9.17) is 9.47 Å². The van der Waals surface area contributed by atoms with Gasteiger partial charge in [-0.2, -0.15) is 5.10 Å². The van der Waals surface area contributed by atoms with Crippen LogP contribution in [-0.2, 0) is 6.42 Å². The molecule has 0 aliphatic rings. The van der Waals surface area contributed by atoms with Gasteiger partial charge in [0.1, 0.15) is 0 Å². The van der Waals surface area contributed by atoms with Gasteiger partial charge in [0.25, 0.3) is 0 Å². The molecule has 0 bridgehead atoms. The number of nitrogens with one attached hydrogen (secondary N) is 2. The molecular weight excluding hydrogens is 493 g/mol. The highest BCUT2D eigenvalue weighted by Gasteiger charge is 2.07. The Kier molecular flexibility index (Phi) is 9.46. The predicted octanol–water partition coefficient (Wildman–Crippen LogP) is 4.13. The summed E-state index contributed by atoms with van der Waals surface area (Å²) in [5.41, 5.74) is 3.17. The van der Waals surface area contributed by atoms with E-state index in [1.165, 1.54) is 5.56 Å². The number of anilines is 1. The maximum absolute atomic E-state index is 5.63. The Balaban J connectivity index is 0.00000320. The van der Waals surface area contributed by atoms with Crippen LogP contribution >= 0.6 is 24.0 Å². The number of hydrogen-bond acceptors (Lipinski definition) is 4. The van der Waals surface area contributed by atoms with E-state index in [-0.39, 0.29) is 24.0 Å². The summed E-state index contributed by atoms with van der Waals surface area (Å²) in [6, 6.07) is 16.0. The van der Waals surface area contributed by atoms with Crippen molar-refractivity contribution in [1.82, 2.24) is 15.1 Å². The zero-order valence-corrected chi connectivity index (χ0v) is 19.8. The van der Waals surface area contributed by atoms with Gasteiger partial charge in [-0.1, -0.05) is 12.1 Å². The quantitative estimate of drug-likeness (QED) is 0.265. The molecule has 0 aliphatic carbocycles. The molecule has 0 atom stereocenters. The van der Waals surface area contributed by atoms with Crippen LogP contribution in [0.15, 0.2) is 65.9 Å². The van der Waals surface area contributed by atoms with Gasteiger partial charge in [0.05, 0.1) is 19.4 Å². The van der Waals surface area contributed by atoms with Crippen LogP contribution in [0.1, 0.15) is 12.5 Å². The van der Waals surface area contributed by atoms with Crippen LogP contribution in [0, 0.1) is 0 Å². The highest BCUT2D eigenvalue weighted by atomic mass is 127. The van der Waals surface area contributed by atoms with Crippen LogP contribution in [0.2, 0.25) is 0 Å².